The van der Waals surface area contributed by atoms with Crippen LogP contribution in [0.5, 0.6) is 5.75 Å². The molecule has 1 aromatic heterocycles. The zero-order chi connectivity index (χ0) is 15.9. The molecule has 1 aliphatic rings. The van der Waals surface area contributed by atoms with E-state index >= 15 is 0 Å². The van der Waals surface area contributed by atoms with Crippen LogP contribution < -0.4 is 15.1 Å². The van der Waals surface area contributed by atoms with E-state index in [4.69, 9.17) is 4.74 Å². The molecule has 6 heteroatoms. The molecule has 1 aliphatic heterocycles. The highest BCUT2D eigenvalue weighted by Gasteiger charge is 2.27. The van der Waals surface area contributed by atoms with E-state index in [1.807, 2.05) is 0 Å². The first kappa shape index (κ1) is 14.6. The van der Waals surface area contributed by atoms with E-state index in [2.05, 4.69) is 4.98 Å². The first-order valence-corrected chi connectivity index (χ1v) is 6.97. The zero-order valence-corrected chi connectivity index (χ0v) is 12.3. The number of hydrogen-bond donors (Lipinski definition) is 1. The van der Waals surface area contributed by atoms with E-state index in [1.54, 1.807) is 24.0 Å². The lowest BCUT2D eigenvalue weighted by molar-refractivity contribution is 0.151. The average molecular weight is 306 g/mol. The molecule has 0 fully saturated rings. The Hall–Kier alpha value is -2.37. The number of hydrogen-bond acceptors (Lipinski definition) is 3. The number of H-pyrrole nitrogens is 1. The van der Waals surface area contributed by atoms with Crippen LogP contribution in [0.25, 0.3) is 0 Å². The minimum absolute atomic E-state index is 0.0548. The van der Waals surface area contributed by atoms with Gasteiger partial charge in [-0.25, -0.2) is 8.78 Å². The monoisotopic (exact) mass is 306 g/mol. The number of rotatable bonds is 3. The summed E-state index contributed by atoms with van der Waals surface area (Å²) in [7, 11) is 1.44. The highest BCUT2D eigenvalue weighted by Crippen LogP contribution is 2.39. The maximum Gasteiger partial charge on any atom is 0.265 e. The van der Waals surface area contributed by atoms with E-state index in [1.165, 1.54) is 19.2 Å². The second-order valence-corrected chi connectivity index (χ2v) is 5.27. The molecule has 2 aromatic rings. The van der Waals surface area contributed by atoms with Crippen molar-refractivity contribution in [2.75, 3.05) is 18.6 Å². The summed E-state index contributed by atoms with van der Waals surface area (Å²) in [6, 6.07) is 6.12. The highest BCUT2D eigenvalue weighted by molar-refractivity contribution is 5.70. The number of methoxy groups -OCH3 is 1. The number of pyridine rings is 1. The van der Waals surface area contributed by atoms with Crippen molar-refractivity contribution in [1.29, 1.82) is 0 Å². The van der Waals surface area contributed by atoms with Crippen LogP contribution in [0.2, 0.25) is 0 Å². The standard InChI is InChI=1S/C16H16F2N2O2/c1-9-7-14(21)11-5-6-20(16(11)19-9)13-4-3-10(22-2)8-12(13)15(17)18/h3-4,7-8,15H,5-6H2,1-2H3,(H,19,21). The summed E-state index contributed by atoms with van der Waals surface area (Å²) in [5.74, 6) is 0.994. The predicted molar refractivity (Wildman–Crippen MR) is 80.5 cm³/mol. The third-order valence-corrected chi connectivity index (χ3v) is 3.86. The fourth-order valence-electron chi connectivity index (χ4n) is 2.83. The molecule has 2 heterocycles. The summed E-state index contributed by atoms with van der Waals surface area (Å²) >= 11 is 0. The molecule has 0 saturated heterocycles. The summed E-state index contributed by atoms with van der Waals surface area (Å²) in [6.07, 6.45) is -2.08. The normalized spacial score (nSPS) is 13.6. The number of nitrogens with zero attached hydrogens (tertiary/aromatic N) is 1. The van der Waals surface area contributed by atoms with Gasteiger partial charge in [0.25, 0.3) is 6.43 Å². The number of alkyl halides is 2. The minimum atomic E-state index is -2.62. The second-order valence-electron chi connectivity index (χ2n) is 5.27. The van der Waals surface area contributed by atoms with Gasteiger partial charge in [0.2, 0.25) is 0 Å². The quantitative estimate of drug-likeness (QED) is 0.946. The number of halogens is 2. The lowest BCUT2D eigenvalue weighted by atomic mass is 10.1. The van der Waals surface area contributed by atoms with Gasteiger partial charge in [0.15, 0.2) is 5.43 Å². The third kappa shape index (κ3) is 2.34. The molecule has 0 atom stereocenters. The van der Waals surface area contributed by atoms with Crippen molar-refractivity contribution >= 4 is 11.5 Å². The molecule has 4 nitrogen and oxygen atoms in total. The zero-order valence-electron chi connectivity index (χ0n) is 12.3. The van der Waals surface area contributed by atoms with E-state index in [0.717, 1.165) is 0 Å². The molecule has 0 aliphatic carbocycles. The van der Waals surface area contributed by atoms with Gasteiger partial charge in [0.05, 0.1) is 12.8 Å². The van der Waals surface area contributed by atoms with Crippen LogP contribution in [0, 0.1) is 6.92 Å². The third-order valence-electron chi connectivity index (χ3n) is 3.86. The molecule has 0 unspecified atom stereocenters. The Balaban J connectivity index is 2.14. The molecule has 116 valence electrons. The molecule has 22 heavy (non-hydrogen) atoms. The second kappa shape index (κ2) is 5.44. The molecule has 0 bridgehead atoms. The van der Waals surface area contributed by atoms with Gasteiger partial charge in [0, 0.05) is 29.4 Å². The number of benzene rings is 1. The van der Waals surface area contributed by atoms with Crippen LogP contribution in [-0.2, 0) is 6.42 Å². The van der Waals surface area contributed by atoms with Crippen LogP contribution in [0.15, 0.2) is 29.1 Å². The summed E-state index contributed by atoms with van der Waals surface area (Å²) in [4.78, 5) is 16.9. The summed E-state index contributed by atoms with van der Waals surface area (Å²) in [6.45, 7) is 2.27. The van der Waals surface area contributed by atoms with Gasteiger partial charge >= 0.3 is 0 Å². The molecule has 1 N–H and O–H groups in total. The Labute approximate surface area is 126 Å². The van der Waals surface area contributed by atoms with Gasteiger partial charge in [0.1, 0.15) is 11.6 Å². The predicted octanol–water partition coefficient (Wildman–Crippen LogP) is 3.32. The summed E-state index contributed by atoms with van der Waals surface area (Å²) in [5, 5.41) is 0. The fourth-order valence-corrected chi connectivity index (χ4v) is 2.83. The van der Waals surface area contributed by atoms with Crippen LogP contribution in [0.3, 0.4) is 0 Å². The Kier molecular flexibility index (Phi) is 3.60. The van der Waals surface area contributed by atoms with E-state index < -0.39 is 6.43 Å². The van der Waals surface area contributed by atoms with Crippen molar-refractivity contribution in [1.82, 2.24) is 4.98 Å². The molecular weight excluding hydrogens is 290 g/mol. The molecule has 0 amide bonds. The highest BCUT2D eigenvalue weighted by atomic mass is 19.3. The maximum absolute atomic E-state index is 13.4. The van der Waals surface area contributed by atoms with Crippen molar-refractivity contribution in [3.8, 4) is 5.75 Å². The van der Waals surface area contributed by atoms with E-state index in [-0.39, 0.29) is 11.0 Å². The summed E-state index contributed by atoms with van der Waals surface area (Å²) < 4.78 is 31.8. The van der Waals surface area contributed by atoms with Gasteiger partial charge < -0.3 is 14.6 Å². The number of aromatic amines is 1. The Bertz CT molecular complexity index is 771. The Morgan fingerprint density at radius 3 is 2.77 bits per heavy atom. The number of aromatic nitrogens is 1. The topological polar surface area (TPSA) is 45.3 Å². The maximum atomic E-state index is 13.4. The largest absolute Gasteiger partial charge is 0.497 e. The van der Waals surface area contributed by atoms with E-state index in [0.29, 0.717) is 41.5 Å². The minimum Gasteiger partial charge on any atom is -0.497 e. The average Bonchev–Trinajstić information content (AvgIpc) is 2.90. The number of aryl methyl sites for hydroxylation is 1. The molecule has 1 aromatic carbocycles. The van der Waals surface area contributed by atoms with Gasteiger partial charge in [-0.15, -0.1) is 0 Å². The van der Waals surface area contributed by atoms with Gasteiger partial charge in [-0.1, -0.05) is 0 Å². The molecule has 3 rings (SSSR count). The lowest BCUT2D eigenvalue weighted by Gasteiger charge is -2.23. The number of nitrogens with one attached hydrogen (secondary N) is 1. The Morgan fingerprint density at radius 2 is 2.09 bits per heavy atom. The van der Waals surface area contributed by atoms with Crippen molar-refractivity contribution in [3.63, 3.8) is 0 Å². The van der Waals surface area contributed by atoms with Crippen molar-refractivity contribution < 1.29 is 13.5 Å². The molecule has 0 saturated carbocycles. The smallest absolute Gasteiger partial charge is 0.265 e. The first-order chi connectivity index (χ1) is 10.5. The number of fused-ring (bicyclic) bond motifs is 1. The summed E-state index contributed by atoms with van der Waals surface area (Å²) in [5.41, 5.74) is 1.59. The van der Waals surface area contributed by atoms with Crippen molar-refractivity contribution in [2.45, 2.75) is 19.8 Å². The Morgan fingerprint density at radius 1 is 1.32 bits per heavy atom. The van der Waals surface area contributed by atoms with Crippen LogP contribution in [0.4, 0.5) is 20.3 Å². The van der Waals surface area contributed by atoms with Gasteiger partial charge in [-0.2, -0.15) is 0 Å². The number of ether oxygens (including phenoxy) is 1. The first-order valence-electron chi connectivity index (χ1n) is 6.97. The van der Waals surface area contributed by atoms with E-state index in [9.17, 15) is 13.6 Å². The van der Waals surface area contributed by atoms with Crippen LogP contribution in [0.1, 0.15) is 23.2 Å². The lowest BCUT2D eigenvalue weighted by Crippen LogP contribution is -2.17. The molecule has 0 radical (unpaired) electrons. The van der Waals surface area contributed by atoms with Crippen molar-refractivity contribution in [2.24, 2.45) is 0 Å². The molecular formula is C16H16F2N2O2. The fraction of sp³-hybridized carbons (Fsp3) is 0.312. The number of anilines is 2. The van der Waals surface area contributed by atoms with Crippen molar-refractivity contribution in [3.05, 3.63) is 51.3 Å². The molecule has 0 spiro atoms. The van der Waals surface area contributed by atoms with Gasteiger partial charge in [-0.05, 0) is 31.5 Å². The van der Waals surface area contributed by atoms with Crippen LogP contribution in [-0.4, -0.2) is 18.6 Å². The SMILES string of the molecule is COc1ccc(N2CCc3c2[nH]c(C)cc3=O)c(C(F)F)c1. The van der Waals surface area contributed by atoms with Crippen LogP contribution >= 0.6 is 0 Å². The van der Waals surface area contributed by atoms with Gasteiger partial charge in [-0.3, -0.25) is 4.79 Å².